The van der Waals surface area contributed by atoms with Gasteiger partial charge in [-0.15, -0.1) is 11.8 Å². The number of hydrogen-bond acceptors (Lipinski definition) is 7. The highest BCUT2D eigenvalue weighted by Gasteiger charge is 2.47. The minimum absolute atomic E-state index is 0.0549. The van der Waals surface area contributed by atoms with Crippen LogP contribution in [0.15, 0.2) is 59.5 Å². The zero-order valence-corrected chi connectivity index (χ0v) is 17.9. The molecule has 0 atom stereocenters. The van der Waals surface area contributed by atoms with Crippen molar-refractivity contribution in [3.63, 3.8) is 0 Å². The first kappa shape index (κ1) is 19.9. The number of thioether (sulfide) groups is 1. The van der Waals surface area contributed by atoms with E-state index in [1.807, 2.05) is 60.3 Å². The molecule has 0 unspecified atom stereocenters. The molecule has 1 aromatic heterocycles. The lowest BCUT2D eigenvalue weighted by Gasteiger charge is -2.29. The largest absolute Gasteiger partial charge is 0.399 e. The molecule has 2 N–H and O–H groups in total. The van der Waals surface area contributed by atoms with E-state index in [0.29, 0.717) is 18.8 Å². The molecule has 2 heterocycles. The second-order valence-electron chi connectivity index (χ2n) is 7.89. The number of nitrogens with two attached hydrogens (primary N) is 1. The molecule has 1 aliphatic carbocycles. The highest BCUT2D eigenvalue weighted by molar-refractivity contribution is 8.00. The summed E-state index contributed by atoms with van der Waals surface area (Å²) in [5, 5.41) is 9.07. The van der Waals surface area contributed by atoms with E-state index in [9.17, 15) is 0 Å². The fourth-order valence-electron chi connectivity index (χ4n) is 3.73. The average molecular weight is 430 g/mol. The van der Waals surface area contributed by atoms with E-state index in [1.165, 1.54) is 0 Å². The van der Waals surface area contributed by atoms with Crippen LogP contribution in [0.5, 0.6) is 0 Å². The molecule has 7 heteroatoms. The highest BCUT2D eigenvalue weighted by Crippen LogP contribution is 2.59. The number of anilines is 2. The SMILES string of the molecule is N#Cc1ccc(SC2(c3cc(N4CCOCC4)nc(-c4ccc(N)cc4)n3)CC2)cc1. The summed E-state index contributed by atoms with van der Waals surface area (Å²) in [5.74, 6) is 1.68. The molecule has 1 aliphatic heterocycles. The van der Waals surface area contributed by atoms with E-state index >= 15 is 0 Å². The van der Waals surface area contributed by atoms with E-state index in [1.54, 1.807) is 0 Å². The number of nitriles is 1. The Labute approximate surface area is 186 Å². The number of nitrogen functional groups attached to an aromatic ring is 1. The van der Waals surface area contributed by atoms with Gasteiger partial charge in [-0.25, -0.2) is 9.97 Å². The van der Waals surface area contributed by atoms with Gasteiger partial charge in [0.2, 0.25) is 0 Å². The summed E-state index contributed by atoms with van der Waals surface area (Å²) >= 11 is 1.83. The van der Waals surface area contributed by atoms with Crippen molar-refractivity contribution in [1.29, 1.82) is 5.26 Å². The van der Waals surface area contributed by atoms with Crippen molar-refractivity contribution in [1.82, 2.24) is 9.97 Å². The van der Waals surface area contributed by atoms with E-state index in [0.717, 1.165) is 59.4 Å². The summed E-state index contributed by atoms with van der Waals surface area (Å²) in [6.45, 7) is 3.07. The molecule has 1 saturated carbocycles. The van der Waals surface area contributed by atoms with Crippen LogP contribution in [0, 0.1) is 11.3 Å². The molecule has 5 rings (SSSR count). The number of hydrogen-bond donors (Lipinski definition) is 1. The smallest absolute Gasteiger partial charge is 0.161 e. The maximum Gasteiger partial charge on any atom is 0.161 e. The van der Waals surface area contributed by atoms with Crippen molar-refractivity contribution in [2.45, 2.75) is 22.5 Å². The van der Waals surface area contributed by atoms with Crippen molar-refractivity contribution < 1.29 is 4.74 Å². The van der Waals surface area contributed by atoms with Gasteiger partial charge in [0.05, 0.1) is 35.3 Å². The zero-order valence-electron chi connectivity index (χ0n) is 17.1. The van der Waals surface area contributed by atoms with Crippen LogP contribution in [-0.2, 0) is 9.48 Å². The van der Waals surface area contributed by atoms with Crippen LogP contribution >= 0.6 is 11.8 Å². The second kappa shape index (κ2) is 8.22. The third-order valence-electron chi connectivity index (χ3n) is 5.68. The first-order valence-electron chi connectivity index (χ1n) is 10.4. The second-order valence-corrected chi connectivity index (χ2v) is 9.35. The van der Waals surface area contributed by atoms with Crippen molar-refractivity contribution in [2.75, 3.05) is 36.9 Å². The summed E-state index contributed by atoms with van der Waals surface area (Å²) in [4.78, 5) is 13.3. The third kappa shape index (κ3) is 4.22. The lowest BCUT2D eigenvalue weighted by Crippen LogP contribution is -2.37. The fourth-order valence-corrected chi connectivity index (χ4v) is 4.97. The highest BCUT2D eigenvalue weighted by atomic mass is 32.2. The zero-order chi connectivity index (χ0) is 21.3. The Hall–Kier alpha value is -3.08. The molecule has 2 fully saturated rings. The van der Waals surface area contributed by atoms with Gasteiger partial charge in [0, 0.05) is 35.3 Å². The van der Waals surface area contributed by atoms with Crippen LogP contribution in [0.1, 0.15) is 24.1 Å². The molecule has 156 valence electrons. The van der Waals surface area contributed by atoms with E-state index in [2.05, 4.69) is 17.0 Å². The molecule has 0 amide bonds. The minimum Gasteiger partial charge on any atom is -0.399 e. The summed E-state index contributed by atoms with van der Waals surface area (Å²) < 4.78 is 5.48. The predicted octanol–water partition coefficient (Wildman–Crippen LogP) is 4.22. The van der Waals surface area contributed by atoms with E-state index in [-0.39, 0.29) is 4.75 Å². The standard InChI is InChI=1S/C24H23N5OS/c25-16-17-1-7-20(8-2-17)31-24(9-10-24)21-15-22(29-11-13-30-14-12-29)28-23(27-21)18-3-5-19(26)6-4-18/h1-8,15H,9-14,26H2. The summed E-state index contributed by atoms with van der Waals surface area (Å²) in [6, 6.07) is 19.8. The molecule has 1 saturated heterocycles. The van der Waals surface area contributed by atoms with Crippen molar-refractivity contribution in [3.8, 4) is 17.5 Å². The Bertz CT molecular complexity index is 1110. The van der Waals surface area contributed by atoms with Crippen LogP contribution in [0.4, 0.5) is 11.5 Å². The average Bonchev–Trinajstić information content (AvgIpc) is 3.61. The molecule has 6 nitrogen and oxygen atoms in total. The lowest BCUT2D eigenvalue weighted by molar-refractivity contribution is 0.122. The van der Waals surface area contributed by atoms with Gasteiger partial charge in [0.25, 0.3) is 0 Å². The van der Waals surface area contributed by atoms with Crippen LogP contribution in [0.3, 0.4) is 0 Å². The Morgan fingerprint density at radius 3 is 2.35 bits per heavy atom. The van der Waals surface area contributed by atoms with Crippen LogP contribution < -0.4 is 10.6 Å². The molecular formula is C24H23N5OS. The third-order valence-corrected chi connectivity index (χ3v) is 7.20. The Kier molecular flexibility index (Phi) is 5.26. The van der Waals surface area contributed by atoms with Crippen LogP contribution in [0.2, 0.25) is 0 Å². The van der Waals surface area contributed by atoms with Gasteiger partial charge in [0.1, 0.15) is 5.82 Å². The van der Waals surface area contributed by atoms with E-state index < -0.39 is 0 Å². The van der Waals surface area contributed by atoms with E-state index in [4.69, 9.17) is 25.7 Å². The van der Waals surface area contributed by atoms with Crippen LogP contribution in [-0.4, -0.2) is 36.3 Å². The topological polar surface area (TPSA) is 88.1 Å². The quantitative estimate of drug-likeness (QED) is 0.608. The molecule has 2 aromatic carbocycles. The van der Waals surface area contributed by atoms with Gasteiger partial charge in [0.15, 0.2) is 5.82 Å². The van der Waals surface area contributed by atoms with Gasteiger partial charge in [-0.1, -0.05) is 0 Å². The Morgan fingerprint density at radius 2 is 1.71 bits per heavy atom. The number of benzene rings is 2. The summed E-state index contributed by atoms with van der Waals surface area (Å²) in [5.41, 5.74) is 9.31. The lowest BCUT2D eigenvalue weighted by atomic mass is 10.1. The van der Waals surface area contributed by atoms with Gasteiger partial charge in [-0.05, 0) is 61.4 Å². The summed E-state index contributed by atoms with van der Waals surface area (Å²) in [6.07, 6.45) is 2.14. The van der Waals surface area contributed by atoms with Crippen molar-refractivity contribution >= 4 is 23.3 Å². The molecule has 2 aliphatic rings. The maximum atomic E-state index is 9.07. The number of ether oxygens (including phenoxy) is 1. The number of aromatic nitrogens is 2. The summed E-state index contributed by atoms with van der Waals surface area (Å²) in [7, 11) is 0. The molecular weight excluding hydrogens is 406 g/mol. The Balaban J connectivity index is 1.52. The normalized spacial score (nSPS) is 17.2. The molecule has 31 heavy (non-hydrogen) atoms. The van der Waals surface area contributed by atoms with Crippen molar-refractivity contribution in [2.24, 2.45) is 0 Å². The van der Waals surface area contributed by atoms with Crippen LogP contribution in [0.25, 0.3) is 11.4 Å². The maximum absolute atomic E-state index is 9.07. The monoisotopic (exact) mass is 429 g/mol. The number of morpholine rings is 1. The molecule has 0 radical (unpaired) electrons. The molecule has 0 spiro atoms. The predicted molar refractivity (Wildman–Crippen MR) is 123 cm³/mol. The van der Waals surface area contributed by atoms with Gasteiger partial charge in [-0.3, -0.25) is 0 Å². The Morgan fingerprint density at radius 1 is 1.00 bits per heavy atom. The number of nitrogens with zero attached hydrogens (tertiary/aromatic N) is 4. The molecule has 3 aromatic rings. The van der Waals surface area contributed by atoms with Gasteiger partial charge < -0.3 is 15.4 Å². The first-order valence-corrected chi connectivity index (χ1v) is 11.2. The van der Waals surface area contributed by atoms with Crippen molar-refractivity contribution in [3.05, 3.63) is 65.9 Å². The first-order chi connectivity index (χ1) is 15.1. The van der Waals surface area contributed by atoms with Gasteiger partial charge in [-0.2, -0.15) is 5.26 Å². The molecule has 0 bridgehead atoms. The fraction of sp³-hybridized carbons (Fsp3) is 0.292. The van der Waals surface area contributed by atoms with Gasteiger partial charge >= 0.3 is 0 Å². The number of rotatable bonds is 5. The minimum atomic E-state index is -0.0549.